The van der Waals surface area contributed by atoms with Crippen molar-refractivity contribution in [2.24, 2.45) is 0 Å². The van der Waals surface area contributed by atoms with Crippen molar-refractivity contribution < 1.29 is 13.9 Å². The highest BCUT2D eigenvalue weighted by atomic mass is 19.3. The average Bonchev–Trinajstić information content (AvgIpc) is 2.36. The predicted octanol–water partition coefficient (Wildman–Crippen LogP) is 0.970. The third kappa shape index (κ3) is 2.94. The third-order valence-corrected chi connectivity index (χ3v) is 3.17. The van der Waals surface area contributed by atoms with E-state index >= 15 is 0 Å². The molecule has 1 aromatic rings. The maximum Gasteiger partial charge on any atom is 0.282 e. The number of aromatic nitrogens is 1. The Labute approximate surface area is 103 Å². The zero-order valence-corrected chi connectivity index (χ0v) is 9.88. The van der Waals surface area contributed by atoms with Gasteiger partial charge in [-0.2, -0.15) is 0 Å². The number of rotatable bonds is 4. The molecule has 0 radical (unpaired) electrons. The van der Waals surface area contributed by atoms with Crippen LogP contribution in [0.2, 0.25) is 0 Å². The lowest BCUT2D eigenvalue weighted by Gasteiger charge is -2.27. The number of hydrogen-bond donors (Lipinski definition) is 3. The highest BCUT2D eigenvalue weighted by Crippen LogP contribution is 2.28. The van der Waals surface area contributed by atoms with E-state index in [0.717, 1.165) is 30.5 Å². The number of halogens is 2. The minimum Gasteiger partial charge on any atom is -0.390 e. The van der Waals surface area contributed by atoms with Crippen LogP contribution in [0.3, 0.4) is 0 Å². The van der Waals surface area contributed by atoms with E-state index in [1.165, 1.54) is 6.07 Å². The standard InChI is InChI=1S/C12H16F2N2O2/c13-12(14,7-17)6-15-9-2-1-3-10-8(9)4-5-11(18)16-10/h4-5,9,15,17H,1-3,6-7H2,(H,16,18). The molecular formula is C12H16F2N2O2. The van der Waals surface area contributed by atoms with E-state index < -0.39 is 19.1 Å². The monoisotopic (exact) mass is 258 g/mol. The van der Waals surface area contributed by atoms with Gasteiger partial charge in [0.1, 0.15) is 6.61 Å². The van der Waals surface area contributed by atoms with Gasteiger partial charge in [0.2, 0.25) is 5.56 Å². The molecule has 4 nitrogen and oxygen atoms in total. The van der Waals surface area contributed by atoms with E-state index in [4.69, 9.17) is 5.11 Å². The lowest BCUT2D eigenvalue weighted by molar-refractivity contribution is -0.0497. The van der Waals surface area contributed by atoms with Crippen molar-refractivity contribution in [3.8, 4) is 0 Å². The Bertz CT molecular complexity index is 473. The molecule has 0 amide bonds. The van der Waals surface area contributed by atoms with Gasteiger partial charge < -0.3 is 15.4 Å². The van der Waals surface area contributed by atoms with E-state index in [1.807, 2.05) is 0 Å². The molecular weight excluding hydrogens is 242 g/mol. The average molecular weight is 258 g/mol. The molecule has 0 saturated heterocycles. The Morgan fingerprint density at radius 2 is 2.28 bits per heavy atom. The minimum atomic E-state index is -3.11. The maximum atomic E-state index is 13.0. The summed E-state index contributed by atoms with van der Waals surface area (Å²) in [6, 6.07) is 2.90. The van der Waals surface area contributed by atoms with Crippen LogP contribution in [0.1, 0.15) is 30.1 Å². The molecule has 2 rings (SSSR count). The van der Waals surface area contributed by atoms with Crippen molar-refractivity contribution in [3.05, 3.63) is 33.7 Å². The van der Waals surface area contributed by atoms with Gasteiger partial charge in [-0.25, -0.2) is 8.78 Å². The second kappa shape index (κ2) is 5.16. The van der Waals surface area contributed by atoms with Gasteiger partial charge in [-0.3, -0.25) is 4.79 Å². The Balaban J connectivity index is 2.11. The molecule has 0 spiro atoms. The van der Waals surface area contributed by atoms with Crippen molar-refractivity contribution in [2.75, 3.05) is 13.2 Å². The summed E-state index contributed by atoms with van der Waals surface area (Å²) in [7, 11) is 0. The minimum absolute atomic E-state index is 0.171. The summed E-state index contributed by atoms with van der Waals surface area (Å²) < 4.78 is 26.0. The first-order valence-electron chi connectivity index (χ1n) is 5.96. The van der Waals surface area contributed by atoms with Gasteiger partial charge in [-0.05, 0) is 24.8 Å². The number of aryl methyl sites for hydroxylation is 1. The molecule has 0 aromatic carbocycles. The molecule has 1 aromatic heterocycles. The van der Waals surface area contributed by atoms with Gasteiger partial charge in [0.15, 0.2) is 0 Å². The summed E-state index contributed by atoms with van der Waals surface area (Å²) in [4.78, 5) is 13.9. The van der Waals surface area contributed by atoms with E-state index in [1.54, 1.807) is 6.07 Å². The molecule has 0 aliphatic heterocycles. The Morgan fingerprint density at radius 3 is 3.00 bits per heavy atom. The Morgan fingerprint density at radius 1 is 1.50 bits per heavy atom. The van der Waals surface area contributed by atoms with Crippen molar-refractivity contribution in [1.82, 2.24) is 10.3 Å². The number of nitrogens with one attached hydrogen (secondary N) is 2. The van der Waals surface area contributed by atoms with Crippen LogP contribution < -0.4 is 10.9 Å². The smallest absolute Gasteiger partial charge is 0.282 e. The van der Waals surface area contributed by atoms with Crippen LogP contribution in [-0.4, -0.2) is 29.2 Å². The summed E-state index contributed by atoms with van der Waals surface area (Å²) in [5.41, 5.74) is 1.52. The zero-order valence-electron chi connectivity index (χ0n) is 9.88. The van der Waals surface area contributed by atoms with Gasteiger partial charge in [-0.1, -0.05) is 6.07 Å². The molecule has 1 aliphatic carbocycles. The number of aliphatic hydroxyl groups excluding tert-OH is 1. The molecule has 6 heteroatoms. The lowest BCUT2D eigenvalue weighted by atomic mass is 9.91. The maximum absolute atomic E-state index is 13.0. The van der Waals surface area contributed by atoms with Crippen molar-refractivity contribution >= 4 is 0 Å². The molecule has 1 aliphatic rings. The molecule has 1 atom stereocenters. The summed E-state index contributed by atoms with van der Waals surface area (Å²) >= 11 is 0. The number of fused-ring (bicyclic) bond motifs is 1. The number of aliphatic hydroxyl groups is 1. The van der Waals surface area contributed by atoms with Crippen molar-refractivity contribution in [2.45, 2.75) is 31.2 Å². The number of pyridine rings is 1. The first-order chi connectivity index (χ1) is 8.52. The third-order valence-electron chi connectivity index (χ3n) is 3.17. The molecule has 1 unspecified atom stereocenters. The number of H-pyrrole nitrogens is 1. The van der Waals surface area contributed by atoms with Crippen LogP contribution in [0.15, 0.2) is 16.9 Å². The normalized spacial score (nSPS) is 19.6. The summed E-state index contributed by atoms with van der Waals surface area (Å²) in [5, 5.41) is 11.3. The van der Waals surface area contributed by atoms with E-state index in [-0.39, 0.29) is 11.6 Å². The fraction of sp³-hybridized carbons (Fsp3) is 0.583. The summed E-state index contributed by atoms with van der Waals surface area (Å²) in [6.45, 7) is -1.72. The predicted molar refractivity (Wildman–Crippen MR) is 62.8 cm³/mol. The quantitative estimate of drug-likeness (QED) is 0.754. The van der Waals surface area contributed by atoms with Gasteiger partial charge in [-0.15, -0.1) is 0 Å². The molecule has 3 N–H and O–H groups in total. The van der Waals surface area contributed by atoms with Crippen LogP contribution in [0.4, 0.5) is 8.78 Å². The van der Waals surface area contributed by atoms with Crippen LogP contribution in [0, 0.1) is 0 Å². The van der Waals surface area contributed by atoms with E-state index in [9.17, 15) is 13.6 Å². The van der Waals surface area contributed by atoms with E-state index in [0.29, 0.717) is 0 Å². The topological polar surface area (TPSA) is 65.1 Å². The van der Waals surface area contributed by atoms with E-state index in [2.05, 4.69) is 10.3 Å². The number of alkyl halides is 2. The van der Waals surface area contributed by atoms with Gasteiger partial charge in [0, 0.05) is 17.8 Å². The second-order valence-corrected chi connectivity index (χ2v) is 4.60. The molecule has 0 bridgehead atoms. The molecule has 0 fully saturated rings. The SMILES string of the molecule is O=c1ccc2c([nH]1)CCCC2NCC(F)(F)CO. The number of hydrogen-bond acceptors (Lipinski definition) is 3. The number of aromatic amines is 1. The van der Waals surface area contributed by atoms with Crippen LogP contribution in [0.5, 0.6) is 0 Å². The van der Waals surface area contributed by atoms with Gasteiger partial charge >= 0.3 is 0 Å². The van der Waals surface area contributed by atoms with Crippen molar-refractivity contribution in [3.63, 3.8) is 0 Å². The fourth-order valence-corrected chi connectivity index (χ4v) is 2.24. The van der Waals surface area contributed by atoms with Gasteiger partial charge in [0.05, 0.1) is 6.54 Å². The Kier molecular flexibility index (Phi) is 3.77. The van der Waals surface area contributed by atoms with Crippen LogP contribution in [-0.2, 0) is 6.42 Å². The van der Waals surface area contributed by atoms with Crippen LogP contribution in [0.25, 0.3) is 0 Å². The zero-order chi connectivity index (χ0) is 13.2. The first kappa shape index (κ1) is 13.2. The molecule has 1 heterocycles. The van der Waals surface area contributed by atoms with Crippen molar-refractivity contribution in [1.29, 1.82) is 0 Å². The fourth-order valence-electron chi connectivity index (χ4n) is 2.24. The first-order valence-corrected chi connectivity index (χ1v) is 5.96. The largest absolute Gasteiger partial charge is 0.390 e. The highest BCUT2D eigenvalue weighted by molar-refractivity contribution is 5.26. The molecule has 100 valence electrons. The van der Waals surface area contributed by atoms with Crippen LogP contribution >= 0.6 is 0 Å². The van der Waals surface area contributed by atoms with Gasteiger partial charge in [0.25, 0.3) is 5.92 Å². The summed E-state index contributed by atoms with van der Waals surface area (Å²) in [5.74, 6) is -3.11. The lowest BCUT2D eigenvalue weighted by Crippen LogP contribution is -2.39. The Hall–Kier alpha value is -1.27. The molecule has 18 heavy (non-hydrogen) atoms. The highest BCUT2D eigenvalue weighted by Gasteiger charge is 2.30. The summed E-state index contributed by atoms with van der Waals surface area (Å²) in [6.07, 6.45) is 2.36. The molecule has 0 saturated carbocycles. The second-order valence-electron chi connectivity index (χ2n) is 4.60.